The molecule has 0 N–H and O–H groups in total. The summed E-state index contributed by atoms with van der Waals surface area (Å²) in [4.78, 5) is 0. The Morgan fingerprint density at radius 2 is 1.77 bits per heavy atom. The lowest BCUT2D eigenvalue weighted by Crippen LogP contribution is -2.21. The summed E-state index contributed by atoms with van der Waals surface area (Å²) < 4.78 is 1.72. The monoisotopic (exact) mass is 380 g/mol. The predicted octanol–water partition coefficient (Wildman–Crippen LogP) is 5.47. The molecule has 0 bridgehead atoms. The Bertz CT molecular complexity index is 1030. The molecule has 6 heteroatoms. The first kappa shape index (κ1) is 16.6. The smallest absolute Gasteiger partial charge is 0.116 e. The molecule has 26 heavy (non-hydrogen) atoms. The van der Waals surface area contributed by atoms with Gasteiger partial charge in [0.15, 0.2) is 0 Å². The molecule has 0 aliphatic carbocycles. The van der Waals surface area contributed by atoms with E-state index in [9.17, 15) is 0 Å². The van der Waals surface area contributed by atoms with Crippen LogP contribution < -0.4 is 5.01 Å². The summed E-state index contributed by atoms with van der Waals surface area (Å²) in [5, 5.41) is 12.1. The molecule has 0 radical (unpaired) electrons. The van der Waals surface area contributed by atoms with Crippen molar-refractivity contribution in [2.24, 2.45) is 5.10 Å². The summed E-state index contributed by atoms with van der Waals surface area (Å²) in [6, 6.07) is 17.0. The quantitative estimate of drug-likeness (QED) is 0.603. The maximum Gasteiger partial charge on any atom is 0.116 e. The number of hydrazone groups is 1. The third-order valence-corrected chi connectivity index (χ3v) is 4.53. The lowest BCUT2D eigenvalue weighted by molar-refractivity contribution is 0.868. The van der Waals surface area contributed by atoms with E-state index < -0.39 is 0 Å². The highest BCUT2D eigenvalue weighted by molar-refractivity contribution is 6.34. The van der Waals surface area contributed by atoms with Crippen LogP contribution in [0.2, 0.25) is 10.0 Å². The number of anilines is 1. The van der Waals surface area contributed by atoms with Crippen LogP contribution in [-0.4, -0.2) is 15.5 Å². The van der Waals surface area contributed by atoms with Crippen molar-refractivity contribution < 1.29 is 0 Å². The molecule has 4 nitrogen and oxygen atoms in total. The summed E-state index contributed by atoms with van der Waals surface area (Å²) in [6.45, 7) is 4.11. The number of nitrogens with zero attached hydrogens (tertiary/aromatic N) is 4. The minimum atomic E-state index is 0.553. The first-order chi connectivity index (χ1) is 12.6. The predicted molar refractivity (Wildman–Crippen MR) is 107 cm³/mol. The molecule has 0 saturated carbocycles. The second-order valence-corrected chi connectivity index (χ2v) is 6.54. The van der Waals surface area contributed by atoms with Crippen molar-refractivity contribution in [3.8, 4) is 5.69 Å². The number of aromatic nitrogens is 2. The summed E-state index contributed by atoms with van der Waals surface area (Å²) in [5.74, 6) is 0. The van der Waals surface area contributed by atoms with Crippen molar-refractivity contribution >= 4 is 34.6 Å². The van der Waals surface area contributed by atoms with Gasteiger partial charge >= 0.3 is 0 Å². The molecule has 0 amide bonds. The Balaban J connectivity index is 1.81. The zero-order chi connectivity index (χ0) is 18.1. The lowest BCUT2D eigenvalue weighted by atomic mass is 10.1. The number of allylic oxidation sites excluding steroid dienone is 2. The van der Waals surface area contributed by atoms with Gasteiger partial charge in [-0.2, -0.15) is 10.2 Å². The van der Waals surface area contributed by atoms with E-state index in [1.807, 2.05) is 48.7 Å². The lowest BCUT2D eigenvalue weighted by Gasteiger charge is -2.22. The second kappa shape index (κ2) is 6.83. The standard InChI is InChI=1S/C20H14Cl2N4/c1-14-10-12-25(16-5-3-2-4-6-16)24-20(14)18-9-11-23-26(18)19-13-15(21)7-8-17(19)22/h2-13H,1H2. The van der Waals surface area contributed by atoms with E-state index in [2.05, 4.69) is 11.7 Å². The van der Waals surface area contributed by atoms with Crippen molar-refractivity contribution in [2.45, 2.75) is 0 Å². The maximum absolute atomic E-state index is 6.35. The summed E-state index contributed by atoms with van der Waals surface area (Å²) >= 11 is 12.5. The van der Waals surface area contributed by atoms with Crippen molar-refractivity contribution in [1.29, 1.82) is 0 Å². The molecule has 0 saturated heterocycles. The first-order valence-electron chi connectivity index (χ1n) is 7.94. The molecule has 1 aliphatic heterocycles. The normalized spacial score (nSPS) is 13.8. The number of para-hydroxylation sites is 1. The molecule has 4 rings (SSSR count). The number of hydrogen-bond acceptors (Lipinski definition) is 3. The molecule has 2 aromatic carbocycles. The Morgan fingerprint density at radius 3 is 2.58 bits per heavy atom. The van der Waals surface area contributed by atoms with Crippen molar-refractivity contribution in [3.05, 3.63) is 101 Å². The van der Waals surface area contributed by atoms with Crippen LogP contribution >= 0.6 is 23.2 Å². The average Bonchev–Trinajstić information content (AvgIpc) is 3.14. The summed E-state index contributed by atoms with van der Waals surface area (Å²) in [7, 11) is 0. The molecule has 0 fully saturated rings. The van der Waals surface area contributed by atoms with Crippen LogP contribution in [0.5, 0.6) is 0 Å². The molecule has 2 heterocycles. The van der Waals surface area contributed by atoms with E-state index in [1.165, 1.54) is 0 Å². The zero-order valence-corrected chi connectivity index (χ0v) is 15.2. The molecule has 1 aromatic heterocycles. The molecule has 0 atom stereocenters. The van der Waals surface area contributed by atoms with Crippen LogP contribution in [0.3, 0.4) is 0 Å². The minimum absolute atomic E-state index is 0.553. The summed E-state index contributed by atoms with van der Waals surface area (Å²) in [5.41, 5.74) is 3.93. The van der Waals surface area contributed by atoms with E-state index in [4.69, 9.17) is 28.3 Å². The van der Waals surface area contributed by atoms with Gasteiger partial charge in [0.1, 0.15) is 5.71 Å². The van der Waals surface area contributed by atoms with E-state index in [-0.39, 0.29) is 0 Å². The van der Waals surface area contributed by atoms with Gasteiger partial charge in [-0.15, -0.1) is 0 Å². The zero-order valence-electron chi connectivity index (χ0n) is 13.7. The van der Waals surface area contributed by atoms with Gasteiger partial charge in [-0.3, -0.25) is 0 Å². The topological polar surface area (TPSA) is 33.4 Å². The van der Waals surface area contributed by atoms with Crippen molar-refractivity contribution in [1.82, 2.24) is 9.78 Å². The van der Waals surface area contributed by atoms with E-state index in [1.54, 1.807) is 34.1 Å². The van der Waals surface area contributed by atoms with Crippen LogP contribution in [0.15, 0.2) is 90.3 Å². The fourth-order valence-corrected chi connectivity index (χ4v) is 3.07. The SMILES string of the molecule is C=C1C=CN(c2ccccc2)N=C1c1ccnn1-c1cc(Cl)ccc1Cl. The molecule has 3 aromatic rings. The van der Waals surface area contributed by atoms with E-state index >= 15 is 0 Å². The highest BCUT2D eigenvalue weighted by atomic mass is 35.5. The third-order valence-electron chi connectivity index (χ3n) is 3.97. The Morgan fingerprint density at radius 1 is 0.962 bits per heavy atom. The second-order valence-electron chi connectivity index (χ2n) is 5.69. The van der Waals surface area contributed by atoms with Gasteiger partial charge in [0.2, 0.25) is 0 Å². The highest BCUT2D eigenvalue weighted by Gasteiger charge is 2.19. The molecule has 128 valence electrons. The highest BCUT2D eigenvalue weighted by Crippen LogP contribution is 2.27. The van der Waals surface area contributed by atoms with E-state index in [0.29, 0.717) is 21.4 Å². The van der Waals surface area contributed by atoms with Crippen LogP contribution in [0, 0.1) is 0 Å². The Labute approximate surface area is 161 Å². The molecule has 1 aliphatic rings. The van der Waals surface area contributed by atoms with Crippen LogP contribution in [-0.2, 0) is 0 Å². The Kier molecular flexibility index (Phi) is 4.37. The van der Waals surface area contributed by atoms with Crippen LogP contribution in [0.25, 0.3) is 5.69 Å². The fraction of sp³-hybridized carbons (Fsp3) is 0. The van der Waals surface area contributed by atoms with Crippen molar-refractivity contribution in [2.75, 3.05) is 5.01 Å². The first-order valence-corrected chi connectivity index (χ1v) is 8.69. The third kappa shape index (κ3) is 3.05. The molecular weight excluding hydrogens is 367 g/mol. The van der Waals surface area contributed by atoms with E-state index in [0.717, 1.165) is 17.0 Å². The fourth-order valence-electron chi connectivity index (χ4n) is 2.71. The van der Waals surface area contributed by atoms with Crippen LogP contribution in [0.4, 0.5) is 5.69 Å². The molecular formula is C20H14Cl2N4. The Hall–Kier alpha value is -2.82. The average molecular weight is 381 g/mol. The minimum Gasteiger partial charge on any atom is -0.240 e. The number of hydrogen-bond donors (Lipinski definition) is 0. The molecule has 0 spiro atoms. The number of benzene rings is 2. The van der Waals surface area contributed by atoms with Gasteiger partial charge in [-0.05, 0) is 48.0 Å². The van der Waals surface area contributed by atoms with Gasteiger partial charge in [0.25, 0.3) is 0 Å². The molecule has 0 unspecified atom stereocenters. The summed E-state index contributed by atoms with van der Waals surface area (Å²) in [6.07, 6.45) is 5.51. The van der Waals surface area contributed by atoms with Gasteiger partial charge < -0.3 is 0 Å². The van der Waals surface area contributed by atoms with Crippen molar-refractivity contribution in [3.63, 3.8) is 0 Å². The maximum atomic E-state index is 6.35. The van der Waals surface area contributed by atoms with Gasteiger partial charge in [0.05, 0.1) is 28.3 Å². The van der Waals surface area contributed by atoms with Gasteiger partial charge in [-0.25, -0.2) is 9.69 Å². The number of halogens is 2. The van der Waals surface area contributed by atoms with Gasteiger partial charge in [-0.1, -0.05) is 48.0 Å². The number of rotatable bonds is 3. The largest absolute Gasteiger partial charge is 0.240 e. The van der Waals surface area contributed by atoms with Gasteiger partial charge in [0, 0.05) is 11.2 Å². The van der Waals surface area contributed by atoms with Crippen LogP contribution in [0.1, 0.15) is 5.69 Å².